The minimum Gasteiger partial charge on any atom is -0.469 e. The molecule has 0 saturated carbocycles. The summed E-state index contributed by atoms with van der Waals surface area (Å²) < 4.78 is 21.2. The van der Waals surface area contributed by atoms with E-state index in [9.17, 15) is 9.59 Å². The smallest absolute Gasteiger partial charge is 0.305 e. The molecule has 7 nitrogen and oxygen atoms in total. The first-order valence-electron chi connectivity index (χ1n) is 19.2. The predicted octanol–water partition coefficient (Wildman–Crippen LogP) is 11.7. The Morgan fingerprint density at radius 1 is 0.922 bits per heavy atom. The minimum atomic E-state index is -2.17. The number of Topliss-reactive ketones (excluding diaryl/α,β-unsaturated/α-hetero) is 1. The molecule has 2 rings (SSSR count). The van der Waals surface area contributed by atoms with Crippen LogP contribution in [0.2, 0.25) is 36.3 Å². The summed E-state index contributed by atoms with van der Waals surface area (Å²) in [5, 5.41) is 0.125. The molecular weight excluding hydrogens is 669 g/mol. The van der Waals surface area contributed by atoms with Gasteiger partial charge in [-0.3, -0.25) is 9.59 Å². The summed E-state index contributed by atoms with van der Waals surface area (Å²) in [5.74, 6) is 0.797. The third-order valence-corrected chi connectivity index (χ3v) is 21.2. The number of ether oxygens (including phenoxy) is 1. The Kier molecular flexibility index (Phi) is 15.4. The molecule has 1 heterocycles. The lowest BCUT2D eigenvalue weighted by molar-refractivity contribution is -0.142. The van der Waals surface area contributed by atoms with E-state index >= 15 is 0 Å². The summed E-state index contributed by atoms with van der Waals surface area (Å²) in [4.78, 5) is 30.7. The van der Waals surface area contributed by atoms with Crippen LogP contribution in [-0.4, -0.2) is 51.2 Å². The van der Waals surface area contributed by atoms with Gasteiger partial charge in [-0.05, 0) is 106 Å². The van der Waals surface area contributed by atoms with E-state index in [2.05, 4.69) is 117 Å². The van der Waals surface area contributed by atoms with Crippen LogP contribution in [0.15, 0.2) is 29.8 Å². The van der Waals surface area contributed by atoms with E-state index in [1.54, 1.807) is 0 Å². The second-order valence-corrected chi connectivity index (χ2v) is 28.5. The number of rotatable bonds is 18. The Hall–Kier alpha value is -2.08. The molecule has 0 radical (unpaired) electrons. The molecule has 0 aliphatic carbocycles. The van der Waals surface area contributed by atoms with Crippen molar-refractivity contribution in [2.24, 2.45) is 24.3 Å². The first kappa shape index (κ1) is 45.1. The molecule has 1 aromatic heterocycles. The van der Waals surface area contributed by atoms with Crippen LogP contribution < -0.4 is 0 Å². The third kappa shape index (κ3) is 12.0. The first-order valence-corrected chi connectivity index (χ1v) is 25.0. The Bertz CT molecular complexity index is 1510. The van der Waals surface area contributed by atoms with Gasteiger partial charge in [0, 0.05) is 24.8 Å². The van der Waals surface area contributed by atoms with Gasteiger partial charge in [0.1, 0.15) is 11.6 Å². The van der Waals surface area contributed by atoms with Crippen molar-refractivity contribution in [3.8, 4) is 0 Å². The highest BCUT2D eigenvalue weighted by Crippen LogP contribution is 2.43. The largest absolute Gasteiger partial charge is 0.469 e. The molecule has 2 aromatic rings. The van der Waals surface area contributed by atoms with E-state index in [4.69, 9.17) is 18.6 Å². The summed E-state index contributed by atoms with van der Waals surface area (Å²) in [6, 6.07) is 6.61. The summed E-state index contributed by atoms with van der Waals surface area (Å²) in [6.45, 7) is 35.3. The fraction of sp³-hybridized carbons (Fsp3) is 0.738. The molecule has 4 atom stereocenters. The molecule has 51 heavy (non-hydrogen) atoms. The Morgan fingerprint density at radius 3 is 2.04 bits per heavy atom. The number of esters is 1. The molecule has 1 aromatic carbocycles. The van der Waals surface area contributed by atoms with Crippen LogP contribution in [0.3, 0.4) is 0 Å². The topological polar surface area (TPSA) is 79.7 Å². The van der Waals surface area contributed by atoms with Gasteiger partial charge in [-0.25, -0.2) is 4.98 Å². The summed E-state index contributed by atoms with van der Waals surface area (Å²) in [5.41, 5.74) is 4.04. The Morgan fingerprint density at radius 2 is 1.49 bits per heavy atom. The number of fused-ring (bicyclic) bond motifs is 1. The number of benzene rings is 1. The lowest BCUT2D eigenvalue weighted by atomic mass is 9.74. The second-order valence-electron chi connectivity index (χ2n) is 18.9. The molecule has 0 unspecified atom stereocenters. The number of imidazole rings is 1. The van der Waals surface area contributed by atoms with Crippen LogP contribution in [-0.2, 0) is 30.2 Å². The van der Waals surface area contributed by atoms with Gasteiger partial charge in [0.25, 0.3) is 0 Å². The average Bonchev–Trinajstić information content (AvgIpc) is 3.30. The zero-order chi connectivity index (χ0) is 39.3. The van der Waals surface area contributed by atoms with E-state index in [-0.39, 0.29) is 52.3 Å². The number of carbonyl (C=O) groups is 2. The van der Waals surface area contributed by atoms with Gasteiger partial charge in [-0.2, -0.15) is 0 Å². The monoisotopic (exact) mass is 743 g/mol. The SMILES string of the molecule is COC(=O)CCC(C)(C)C(=O)[C@H](C)[C@@H](O[Si](C)(C)C(C)(C)C)[C@@H](C)CCC/C(C)=C\C[C@H](O[Si](C)(C)C(C)(C)C)c1ccc2c(c1)nc(C)n2C. The van der Waals surface area contributed by atoms with Crippen molar-refractivity contribution < 1.29 is 23.2 Å². The molecule has 0 N–H and O–H groups in total. The molecular formula is C42H74N2O5Si2. The maximum atomic E-state index is 14.0. The van der Waals surface area contributed by atoms with Gasteiger partial charge in [0.2, 0.25) is 0 Å². The second kappa shape index (κ2) is 17.4. The highest BCUT2D eigenvalue weighted by molar-refractivity contribution is 6.74. The molecule has 0 bridgehead atoms. The number of aryl methyl sites for hydroxylation is 2. The van der Waals surface area contributed by atoms with Gasteiger partial charge in [0.15, 0.2) is 16.6 Å². The van der Waals surface area contributed by atoms with Crippen LogP contribution in [0.4, 0.5) is 0 Å². The molecule has 0 aliphatic heterocycles. The van der Waals surface area contributed by atoms with Crippen molar-refractivity contribution >= 4 is 39.4 Å². The predicted molar refractivity (Wildman–Crippen MR) is 219 cm³/mol. The van der Waals surface area contributed by atoms with Crippen LogP contribution >= 0.6 is 0 Å². The number of aromatic nitrogens is 2. The quantitative estimate of drug-likeness (QED) is 0.0859. The Labute approximate surface area is 314 Å². The zero-order valence-electron chi connectivity index (χ0n) is 35.8. The number of methoxy groups -OCH3 is 1. The summed E-state index contributed by atoms with van der Waals surface area (Å²) in [7, 11) is -0.751. The number of hydrogen-bond acceptors (Lipinski definition) is 6. The van der Waals surface area contributed by atoms with E-state index in [0.717, 1.165) is 42.5 Å². The fourth-order valence-corrected chi connectivity index (χ4v) is 9.00. The number of hydrogen-bond donors (Lipinski definition) is 0. The van der Waals surface area contributed by atoms with Crippen molar-refractivity contribution in [3.63, 3.8) is 0 Å². The van der Waals surface area contributed by atoms with Gasteiger partial charge in [-0.1, -0.05) is 87.0 Å². The molecule has 0 amide bonds. The van der Waals surface area contributed by atoms with Crippen LogP contribution in [0, 0.1) is 24.2 Å². The molecule has 9 heteroatoms. The standard InChI is InChI=1S/C42H74N2O5Si2/c1-29(22-25-36(48-50(15,16)40(5,6)7)33-23-24-35-34(28-33)43-32(4)44(35)13)20-19-21-30(2)38(49-51(17,18)41(8,9)10)31(3)39(46)42(11,12)27-26-37(45)47-14/h22-24,28,30-31,36,38H,19-21,25-27H2,1-18H3/b29-22-/t30-,31+,36-,38-/m0/s1. The number of ketones is 1. The highest BCUT2D eigenvalue weighted by atomic mass is 28.4. The number of allylic oxidation sites excluding steroid dienone is 1. The molecule has 0 aliphatic rings. The Balaban J connectivity index is 2.26. The van der Waals surface area contributed by atoms with Crippen LogP contribution in [0.25, 0.3) is 11.0 Å². The first-order chi connectivity index (χ1) is 23.1. The summed E-state index contributed by atoms with van der Waals surface area (Å²) in [6.07, 6.45) is 6.61. The third-order valence-electron chi connectivity index (χ3n) is 12.2. The average molecular weight is 743 g/mol. The van der Waals surface area contributed by atoms with E-state index in [0.29, 0.717) is 6.42 Å². The zero-order valence-corrected chi connectivity index (χ0v) is 37.8. The van der Waals surface area contributed by atoms with Crippen molar-refractivity contribution in [3.05, 3.63) is 41.2 Å². The normalized spacial score (nSPS) is 16.2. The molecule has 290 valence electrons. The van der Waals surface area contributed by atoms with Crippen molar-refractivity contribution in [2.45, 2.75) is 170 Å². The maximum Gasteiger partial charge on any atom is 0.305 e. The lowest BCUT2D eigenvalue weighted by Crippen LogP contribution is -2.50. The number of nitrogens with zero attached hydrogens (tertiary/aromatic N) is 2. The van der Waals surface area contributed by atoms with E-state index in [1.807, 2.05) is 27.7 Å². The molecule has 0 fully saturated rings. The van der Waals surface area contributed by atoms with Crippen molar-refractivity contribution in [1.82, 2.24) is 9.55 Å². The molecule has 0 saturated heterocycles. The number of carbonyl (C=O) groups excluding carboxylic acids is 2. The van der Waals surface area contributed by atoms with Gasteiger partial charge in [0.05, 0.1) is 30.4 Å². The van der Waals surface area contributed by atoms with Crippen molar-refractivity contribution in [1.29, 1.82) is 0 Å². The van der Waals surface area contributed by atoms with Gasteiger partial charge >= 0.3 is 5.97 Å². The van der Waals surface area contributed by atoms with Crippen LogP contribution in [0.1, 0.15) is 132 Å². The maximum absolute atomic E-state index is 14.0. The lowest BCUT2D eigenvalue weighted by Gasteiger charge is -2.43. The van der Waals surface area contributed by atoms with Gasteiger partial charge < -0.3 is 18.2 Å². The fourth-order valence-electron chi connectivity index (χ4n) is 6.23. The van der Waals surface area contributed by atoms with E-state index < -0.39 is 22.0 Å². The molecule has 0 spiro atoms. The van der Waals surface area contributed by atoms with Crippen LogP contribution in [0.5, 0.6) is 0 Å². The minimum absolute atomic E-state index is 0.0242. The van der Waals surface area contributed by atoms with Gasteiger partial charge in [-0.15, -0.1) is 0 Å². The highest BCUT2D eigenvalue weighted by Gasteiger charge is 2.45. The summed E-state index contributed by atoms with van der Waals surface area (Å²) >= 11 is 0. The van der Waals surface area contributed by atoms with E-state index in [1.165, 1.54) is 18.2 Å². The van der Waals surface area contributed by atoms with Crippen molar-refractivity contribution in [2.75, 3.05) is 7.11 Å².